The molecule has 3 aromatic heterocycles. The van der Waals surface area contributed by atoms with Crippen molar-refractivity contribution in [2.45, 2.75) is 95.0 Å². The molecule has 48 heavy (non-hydrogen) atoms. The van der Waals surface area contributed by atoms with Gasteiger partial charge in [-0.15, -0.1) is 13.2 Å². The van der Waals surface area contributed by atoms with Gasteiger partial charge in [-0.3, -0.25) is 4.90 Å². The van der Waals surface area contributed by atoms with Gasteiger partial charge in [0, 0.05) is 73.1 Å². The molecule has 0 amide bonds. The van der Waals surface area contributed by atoms with Crippen molar-refractivity contribution in [2.24, 2.45) is 0 Å². The van der Waals surface area contributed by atoms with Gasteiger partial charge in [-0.25, -0.2) is 9.97 Å². The highest BCUT2D eigenvalue weighted by Crippen LogP contribution is 2.33. The third kappa shape index (κ3) is 11.1. The van der Waals surface area contributed by atoms with Crippen LogP contribution in [0.2, 0.25) is 0 Å². The van der Waals surface area contributed by atoms with E-state index in [-0.39, 0.29) is 12.0 Å². The summed E-state index contributed by atoms with van der Waals surface area (Å²) in [5.74, 6) is 3.54. The van der Waals surface area contributed by atoms with E-state index < -0.39 is 0 Å². The normalized spacial score (nSPS) is 14.7. The maximum Gasteiger partial charge on any atom is 0.162 e. The molecule has 1 atom stereocenters. The second-order valence-electron chi connectivity index (χ2n) is 11.8. The SMILES string of the molecule is C/C=C(\c1nc(C(C)C)nc(NC(C)CN2CCN(/C(C)=C/C=C(\C)c3cc(C)no3)CC2)c1C)c1c(C)noc1C.C=C.C=O.CC. The number of aryl methyl sites for hydroxylation is 3. The lowest BCUT2D eigenvalue weighted by atomic mass is 9.97. The molecule has 1 unspecified atom stereocenters. The summed E-state index contributed by atoms with van der Waals surface area (Å²) >= 11 is 0. The summed E-state index contributed by atoms with van der Waals surface area (Å²) < 4.78 is 10.9. The average molecular weight is 662 g/mol. The fourth-order valence-corrected chi connectivity index (χ4v) is 5.39. The van der Waals surface area contributed by atoms with Crippen LogP contribution in [0.25, 0.3) is 11.1 Å². The molecule has 0 aromatic carbocycles. The second kappa shape index (κ2) is 20.8. The Labute approximate surface area is 289 Å². The van der Waals surface area contributed by atoms with E-state index in [9.17, 15) is 0 Å². The predicted octanol–water partition coefficient (Wildman–Crippen LogP) is 8.33. The maximum absolute atomic E-state index is 8.00. The molecule has 3 aromatic rings. The van der Waals surface area contributed by atoms with Gasteiger partial charge >= 0.3 is 0 Å². The van der Waals surface area contributed by atoms with Crippen LogP contribution in [0.3, 0.4) is 0 Å². The van der Waals surface area contributed by atoms with E-state index in [1.54, 1.807) is 0 Å². The molecule has 0 bridgehead atoms. The van der Waals surface area contributed by atoms with Crippen LogP contribution in [-0.2, 0) is 4.79 Å². The number of allylic oxidation sites excluding steroid dienone is 5. The van der Waals surface area contributed by atoms with Crippen LogP contribution in [-0.4, -0.2) is 75.6 Å². The topological polar surface area (TPSA) is 113 Å². The molecular formula is C38H59N7O3. The van der Waals surface area contributed by atoms with Crippen LogP contribution in [0, 0.1) is 27.7 Å². The first-order valence-electron chi connectivity index (χ1n) is 16.8. The molecule has 1 aliphatic heterocycles. The van der Waals surface area contributed by atoms with Crippen LogP contribution in [0.1, 0.15) is 107 Å². The molecule has 0 radical (unpaired) electrons. The molecule has 1 N–H and O–H groups in total. The van der Waals surface area contributed by atoms with Gasteiger partial charge in [-0.05, 0) is 67.0 Å². The highest BCUT2D eigenvalue weighted by molar-refractivity contribution is 5.82. The Morgan fingerprint density at radius 2 is 1.58 bits per heavy atom. The number of hydrogen-bond acceptors (Lipinski definition) is 10. The van der Waals surface area contributed by atoms with E-state index in [0.717, 1.165) is 95.2 Å². The zero-order valence-corrected chi connectivity index (χ0v) is 31.5. The van der Waals surface area contributed by atoms with Crippen molar-refractivity contribution in [3.8, 4) is 0 Å². The quantitative estimate of drug-likeness (QED) is 0.168. The number of aromatic nitrogens is 4. The molecule has 1 saturated heterocycles. The summed E-state index contributed by atoms with van der Waals surface area (Å²) in [5.41, 5.74) is 8.11. The number of anilines is 1. The number of nitrogens with zero attached hydrogens (tertiary/aromatic N) is 6. The number of piperazine rings is 1. The Balaban J connectivity index is 0.00000182. The first-order valence-corrected chi connectivity index (χ1v) is 16.8. The minimum atomic E-state index is 0.200. The van der Waals surface area contributed by atoms with Crippen molar-refractivity contribution >= 4 is 23.8 Å². The zero-order chi connectivity index (χ0) is 36.6. The third-order valence-corrected chi connectivity index (χ3v) is 7.90. The second-order valence-corrected chi connectivity index (χ2v) is 11.8. The van der Waals surface area contributed by atoms with Gasteiger partial charge in [0.25, 0.3) is 0 Å². The van der Waals surface area contributed by atoms with E-state index in [2.05, 4.69) is 98.4 Å². The Bertz CT molecular complexity index is 1490. The summed E-state index contributed by atoms with van der Waals surface area (Å²) in [7, 11) is 0. The molecule has 10 heteroatoms. The molecule has 0 saturated carbocycles. The van der Waals surface area contributed by atoms with Crippen molar-refractivity contribution in [2.75, 3.05) is 38.0 Å². The highest BCUT2D eigenvalue weighted by Gasteiger charge is 2.23. The number of nitrogens with one attached hydrogen (secondary N) is 1. The number of carbonyl (C=O) groups is 1. The lowest BCUT2D eigenvalue weighted by molar-refractivity contribution is -0.0980. The van der Waals surface area contributed by atoms with Gasteiger partial charge < -0.3 is 24.1 Å². The van der Waals surface area contributed by atoms with Crippen molar-refractivity contribution in [3.05, 3.63) is 88.7 Å². The lowest BCUT2D eigenvalue weighted by Crippen LogP contribution is -2.48. The summed E-state index contributed by atoms with van der Waals surface area (Å²) in [4.78, 5) is 23.0. The smallest absolute Gasteiger partial charge is 0.162 e. The van der Waals surface area contributed by atoms with E-state index in [1.807, 2.05) is 54.4 Å². The third-order valence-electron chi connectivity index (χ3n) is 7.90. The monoisotopic (exact) mass is 661 g/mol. The molecule has 1 fully saturated rings. The molecule has 264 valence electrons. The molecule has 0 spiro atoms. The summed E-state index contributed by atoms with van der Waals surface area (Å²) in [6, 6.07) is 2.19. The Kier molecular flexibility index (Phi) is 18.1. The predicted molar refractivity (Wildman–Crippen MR) is 199 cm³/mol. The average Bonchev–Trinajstić information content (AvgIpc) is 3.68. The molecule has 1 aliphatic rings. The molecule has 4 heterocycles. The first-order chi connectivity index (χ1) is 23.0. The number of hydrogen-bond donors (Lipinski definition) is 1. The number of carbonyl (C=O) groups excluding carboxylic acids is 1. The molecule has 4 rings (SSSR count). The Hall–Kier alpha value is -4.31. The number of rotatable bonds is 10. The Morgan fingerprint density at radius 1 is 0.958 bits per heavy atom. The highest BCUT2D eigenvalue weighted by atomic mass is 16.5. The van der Waals surface area contributed by atoms with Crippen molar-refractivity contribution in [1.29, 1.82) is 0 Å². The van der Waals surface area contributed by atoms with Crippen molar-refractivity contribution in [1.82, 2.24) is 30.1 Å². The van der Waals surface area contributed by atoms with E-state index in [4.69, 9.17) is 23.8 Å². The molecule has 10 nitrogen and oxygen atoms in total. The van der Waals surface area contributed by atoms with Crippen LogP contribution in [0.15, 0.2) is 52.2 Å². The minimum Gasteiger partial charge on any atom is -0.372 e. The van der Waals surface area contributed by atoms with Gasteiger partial charge in [-0.1, -0.05) is 50.2 Å². The summed E-state index contributed by atoms with van der Waals surface area (Å²) in [6.07, 6.45) is 6.39. The molecule has 0 aliphatic carbocycles. The van der Waals surface area contributed by atoms with E-state index >= 15 is 0 Å². The molecular weight excluding hydrogens is 602 g/mol. The van der Waals surface area contributed by atoms with Gasteiger partial charge in [0.15, 0.2) is 5.76 Å². The van der Waals surface area contributed by atoms with Crippen molar-refractivity contribution in [3.63, 3.8) is 0 Å². The largest absolute Gasteiger partial charge is 0.372 e. The van der Waals surface area contributed by atoms with Gasteiger partial charge in [0.05, 0.1) is 17.1 Å². The summed E-state index contributed by atoms with van der Waals surface area (Å²) in [6.45, 7) is 37.7. The van der Waals surface area contributed by atoms with E-state index in [0.29, 0.717) is 0 Å². The van der Waals surface area contributed by atoms with E-state index in [1.165, 1.54) is 5.70 Å². The van der Waals surface area contributed by atoms with Crippen LogP contribution < -0.4 is 5.32 Å². The fraction of sp³-hybridized carbons (Fsp3) is 0.500. The maximum atomic E-state index is 8.00. The van der Waals surface area contributed by atoms with Crippen LogP contribution in [0.4, 0.5) is 5.82 Å². The summed E-state index contributed by atoms with van der Waals surface area (Å²) in [5, 5.41) is 11.9. The Morgan fingerprint density at radius 3 is 2.08 bits per heavy atom. The standard InChI is InChI=1S/C33H47N7O2.C2H6.C2H4.CH2O/c1-11-28(30-26(9)38-41-27(30)10)31-25(8)33(36-32(35-31)20(2)3)34-23(6)19-39-14-16-40(17-15-39)24(7)13-12-21(4)29-18-22(5)37-42-29;3*1-2/h11-13,18,20,23H,14-17,19H2,1-10H3,(H,34,35,36);1-2H3;1-2H2;1H2/b21-12+,24-13+,28-11-;;;. The van der Waals surface area contributed by atoms with Gasteiger partial charge in [0.2, 0.25) is 0 Å². The fourth-order valence-electron chi connectivity index (χ4n) is 5.39. The van der Waals surface area contributed by atoms with Crippen LogP contribution >= 0.6 is 0 Å². The minimum absolute atomic E-state index is 0.200. The first kappa shape index (κ1) is 41.7. The zero-order valence-electron chi connectivity index (χ0n) is 31.5. The van der Waals surface area contributed by atoms with Gasteiger partial charge in [-0.2, -0.15) is 0 Å². The van der Waals surface area contributed by atoms with Crippen molar-refractivity contribution < 1.29 is 13.8 Å². The van der Waals surface area contributed by atoms with Gasteiger partial charge in [0.1, 0.15) is 24.2 Å². The van der Waals surface area contributed by atoms with Crippen LogP contribution in [0.5, 0.6) is 0 Å². The lowest BCUT2D eigenvalue weighted by Gasteiger charge is -2.37.